The van der Waals surface area contributed by atoms with Crippen LogP contribution in [0.1, 0.15) is 5.56 Å². The van der Waals surface area contributed by atoms with Crippen LogP contribution in [0.3, 0.4) is 0 Å². The molecule has 0 spiro atoms. The largest absolute Gasteiger partial charge is 0.493 e. The summed E-state index contributed by atoms with van der Waals surface area (Å²) < 4.78 is 12.9. The molecule has 0 aliphatic rings. The van der Waals surface area contributed by atoms with Crippen molar-refractivity contribution in [2.75, 3.05) is 26.6 Å². The number of nitrogens with one attached hydrogen (secondary N) is 1. The first-order valence-electron chi connectivity index (χ1n) is 9.04. The van der Waals surface area contributed by atoms with Crippen LogP contribution in [0.2, 0.25) is 0 Å². The van der Waals surface area contributed by atoms with Crippen molar-refractivity contribution in [1.82, 2.24) is 14.5 Å². The number of rotatable bonds is 6. The average molecular weight is 374 g/mol. The third kappa shape index (κ3) is 3.24. The Hall–Kier alpha value is -3.54. The predicted molar refractivity (Wildman–Crippen MR) is 111 cm³/mol. The number of benzene rings is 2. The highest BCUT2D eigenvalue weighted by molar-refractivity contribution is 5.82. The second kappa shape index (κ2) is 7.60. The van der Waals surface area contributed by atoms with Gasteiger partial charge in [0.25, 0.3) is 0 Å². The van der Waals surface area contributed by atoms with E-state index in [1.165, 1.54) is 5.56 Å². The lowest BCUT2D eigenvalue weighted by atomic mass is 10.1. The Balaban J connectivity index is 1.81. The van der Waals surface area contributed by atoms with Crippen LogP contribution in [-0.2, 0) is 6.54 Å². The van der Waals surface area contributed by atoms with Crippen LogP contribution in [0.15, 0.2) is 60.8 Å². The van der Waals surface area contributed by atoms with Crippen molar-refractivity contribution >= 4 is 17.0 Å². The minimum Gasteiger partial charge on any atom is -0.493 e. The Labute approximate surface area is 163 Å². The first kappa shape index (κ1) is 17.9. The zero-order chi connectivity index (χ0) is 19.5. The van der Waals surface area contributed by atoms with E-state index in [1.54, 1.807) is 14.2 Å². The molecule has 0 aliphatic heterocycles. The Morgan fingerprint density at radius 2 is 1.75 bits per heavy atom. The highest BCUT2D eigenvalue weighted by atomic mass is 16.5. The number of nitrogens with zero attached hydrogens (tertiary/aromatic N) is 3. The van der Waals surface area contributed by atoms with E-state index in [1.807, 2.05) is 49.6 Å². The molecule has 142 valence electrons. The zero-order valence-electron chi connectivity index (χ0n) is 16.1. The van der Waals surface area contributed by atoms with Gasteiger partial charge in [-0.1, -0.05) is 30.3 Å². The smallest absolute Gasteiger partial charge is 0.203 e. The number of pyridine rings is 1. The molecule has 0 amide bonds. The Kier molecular flexibility index (Phi) is 4.85. The summed E-state index contributed by atoms with van der Waals surface area (Å²) >= 11 is 0. The Morgan fingerprint density at radius 1 is 0.964 bits per heavy atom. The van der Waals surface area contributed by atoms with Crippen LogP contribution in [0, 0.1) is 0 Å². The molecule has 0 aliphatic carbocycles. The first-order valence-corrected chi connectivity index (χ1v) is 9.04. The predicted octanol–water partition coefficient (Wildman–Crippen LogP) is 4.21. The molecule has 0 fully saturated rings. The average Bonchev–Trinajstić information content (AvgIpc) is 3.10. The van der Waals surface area contributed by atoms with Gasteiger partial charge in [0.05, 0.1) is 38.2 Å². The van der Waals surface area contributed by atoms with Gasteiger partial charge in [-0.3, -0.25) is 4.98 Å². The molecular weight excluding hydrogens is 352 g/mol. The lowest BCUT2D eigenvalue weighted by Crippen LogP contribution is -2.05. The molecule has 6 nitrogen and oxygen atoms in total. The summed E-state index contributed by atoms with van der Waals surface area (Å²) in [6, 6.07) is 18.2. The van der Waals surface area contributed by atoms with Gasteiger partial charge in [0.15, 0.2) is 11.5 Å². The quantitative estimate of drug-likeness (QED) is 0.548. The van der Waals surface area contributed by atoms with Gasteiger partial charge in [0, 0.05) is 12.6 Å². The zero-order valence-corrected chi connectivity index (χ0v) is 16.1. The molecule has 4 rings (SSSR count). The summed E-state index contributed by atoms with van der Waals surface area (Å²) in [7, 11) is 5.14. The molecule has 0 unspecified atom stereocenters. The molecule has 0 atom stereocenters. The van der Waals surface area contributed by atoms with Crippen molar-refractivity contribution < 1.29 is 9.47 Å². The van der Waals surface area contributed by atoms with Gasteiger partial charge < -0.3 is 19.4 Å². The topological polar surface area (TPSA) is 61.2 Å². The molecular formula is C22H22N4O2. The van der Waals surface area contributed by atoms with E-state index in [0.717, 1.165) is 34.8 Å². The van der Waals surface area contributed by atoms with Crippen LogP contribution >= 0.6 is 0 Å². The lowest BCUT2D eigenvalue weighted by molar-refractivity contribution is 0.355. The molecule has 1 N–H and O–H groups in total. The number of ether oxygens (including phenoxy) is 2. The summed E-state index contributed by atoms with van der Waals surface area (Å²) in [5, 5.41) is 3.19. The van der Waals surface area contributed by atoms with E-state index in [-0.39, 0.29) is 0 Å². The number of imidazole rings is 1. The van der Waals surface area contributed by atoms with Crippen LogP contribution in [0.5, 0.6) is 11.5 Å². The molecule has 2 heterocycles. The number of hydrogen-bond acceptors (Lipinski definition) is 5. The number of fused-ring (bicyclic) bond motifs is 1. The number of aromatic nitrogens is 3. The van der Waals surface area contributed by atoms with Crippen LogP contribution in [-0.4, -0.2) is 35.8 Å². The minimum atomic E-state index is 0.676. The van der Waals surface area contributed by atoms with E-state index in [9.17, 15) is 0 Å². The fourth-order valence-corrected chi connectivity index (χ4v) is 3.30. The number of methoxy groups -OCH3 is 2. The van der Waals surface area contributed by atoms with Crippen molar-refractivity contribution in [2.24, 2.45) is 0 Å². The van der Waals surface area contributed by atoms with E-state index in [4.69, 9.17) is 9.47 Å². The van der Waals surface area contributed by atoms with Gasteiger partial charge in [-0.05, 0) is 29.8 Å². The van der Waals surface area contributed by atoms with E-state index < -0.39 is 0 Å². The molecule has 0 saturated carbocycles. The minimum absolute atomic E-state index is 0.676. The molecule has 0 radical (unpaired) electrons. The van der Waals surface area contributed by atoms with Gasteiger partial charge in [-0.25, -0.2) is 4.98 Å². The van der Waals surface area contributed by atoms with Gasteiger partial charge in [-0.2, -0.15) is 0 Å². The fourth-order valence-electron chi connectivity index (χ4n) is 3.30. The molecule has 28 heavy (non-hydrogen) atoms. The maximum absolute atomic E-state index is 5.43. The van der Waals surface area contributed by atoms with Crippen molar-refractivity contribution in [3.8, 4) is 22.8 Å². The van der Waals surface area contributed by atoms with Gasteiger partial charge in [0.1, 0.15) is 5.52 Å². The summed E-state index contributed by atoms with van der Waals surface area (Å²) in [6.45, 7) is 0.725. The highest BCUT2D eigenvalue weighted by Crippen LogP contribution is 2.33. The highest BCUT2D eigenvalue weighted by Gasteiger charge is 2.13. The van der Waals surface area contributed by atoms with Crippen LogP contribution in [0.25, 0.3) is 22.3 Å². The fraction of sp³-hybridized carbons (Fsp3) is 0.182. The number of anilines is 1. The van der Waals surface area contributed by atoms with Crippen molar-refractivity contribution in [3.05, 3.63) is 66.4 Å². The summed E-state index contributed by atoms with van der Waals surface area (Å²) in [5.41, 5.74) is 4.89. The summed E-state index contributed by atoms with van der Waals surface area (Å²) in [6.07, 6.45) is 1.81. The number of hydrogen-bond donors (Lipinski definition) is 1. The second-order valence-electron chi connectivity index (χ2n) is 6.39. The van der Waals surface area contributed by atoms with Crippen molar-refractivity contribution in [3.63, 3.8) is 0 Å². The monoisotopic (exact) mass is 374 g/mol. The molecule has 4 aromatic rings. The summed E-state index contributed by atoms with van der Waals surface area (Å²) in [5.74, 6) is 2.18. The van der Waals surface area contributed by atoms with Gasteiger partial charge in [-0.15, -0.1) is 0 Å². The third-order valence-corrected chi connectivity index (χ3v) is 4.72. The second-order valence-corrected chi connectivity index (χ2v) is 6.39. The molecule has 2 aromatic carbocycles. The van der Waals surface area contributed by atoms with Gasteiger partial charge >= 0.3 is 0 Å². The SMILES string of the molecule is CNc1nc2cnc(-c3ccc(OC)c(OC)c3)cc2n1Cc1ccccc1. The lowest BCUT2D eigenvalue weighted by Gasteiger charge is -2.11. The van der Waals surface area contributed by atoms with E-state index in [2.05, 4.69) is 38.1 Å². The van der Waals surface area contributed by atoms with E-state index >= 15 is 0 Å². The third-order valence-electron chi connectivity index (χ3n) is 4.72. The van der Waals surface area contributed by atoms with Crippen LogP contribution in [0.4, 0.5) is 5.95 Å². The Morgan fingerprint density at radius 3 is 2.46 bits per heavy atom. The van der Waals surface area contributed by atoms with E-state index in [0.29, 0.717) is 11.5 Å². The van der Waals surface area contributed by atoms with Crippen molar-refractivity contribution in [1.29, 1.82) is 0 Å². The van der Waals surface area contributed by atoms with Crippen LogP contribution < -0.4 is 14.8 Å². The molecule has 2 aromatic heterocycles. The van der Waals surface area contributed by atoms with Gasteiger partial charge in [0.2, 0.25) is 5.95 Å². The standard InChI is InChI=1S/C22H22N4O2/c1-23-22-25-18-13-24-17(16-9-10-20(27-2)21(11-16)28-3)12-19(18)26(22)14-15-7-5-4-6-8-15/h4-13H,14H2,1-3H3,(H,23,25). The normalized spacial score (nSPS) is 10.8. The van der Waals surface area contributed by atoms with Crippen molar-refractivity contribution in [2.45, 2.75) is 6.54 Å². The summed E-state index contributed by atoms with van der Waals surface area (Å²) in [4.78, 5) is 9.27. The molecule has 0 bridgehead atoms. The first-order chi connectivity index (χ1) is 13.7. The maximum Gasteiger partial charge on any atom is 0.203 e. The Bertz CT molecular complexity index is 1110. The molecule has 0 saturated heterocycles. The maximum atomic E-state index is 5.43. The molecule has 6 heteroatoms.